The summed E-state index contributed by atoms with van der Waals surface area (Å²) in [7, 11) is 0. The Morgan fingerprint density at radius 2 is 1.50 bits per heavy atom. The molecule has 1 aliphatic rings. The summed E-state index contributed by atoms with van der Waals surface area (Å²) in [6.45, 7) is 6.28. The Hall–Kier alpha value is -2.59. The number of fused-ring (bicyclic) bond motifs is 1. The second kappa shape index (κ2) is 7.44. The molecule has 0 fully saturated rings. The van der Waals surface area contributed by atoms with Crippen molar-refractivity contribution < 1.29 is 0 Å². The predicted molar refractivity (Wildman–Crippen MR) is 128 cm³/mol. The van der Waals surface area contributed by atoms with Gasteiger partial charge in [0.25, 0.3) is 0 Å². The van der Waals surface area contributed by atoms with Gasteiger partial charge in [-0.3, -0.25) is 0 Å². The summed E-state index contributed by atoms with van der Waals surface area (Å²) >= 11 is 2.36. The summed E-state index contributed by atoms with van der Waals surface area (Å²) in [5.41, 5.74) is 13.8. The monoisotopic (exact) mass is 475 g/mol. The van der Waals surface area contributed by atoms with Gasteiger partial charge < -0.3 is 5.73 Å². The Balaban J connectivity index is 2.17. The summed E-state index contributed by atoms with van der Waals surface area (Å²) < 4.78 is 1.22. The molecule has 2 heteroatoms. The van der Waals surface area contributed by atoms with Crippen molar-refractivity contribution in [1.29, 1.82) is 0 Å². The molecule has 0 radical (unpaired) electrons. The average molecular weight is 475 g/mol. The van der Waals surface area contributed by atoms with E-state index in [2.05, 4.69) is 109 Å². The lowest BCUT2D eigenvalue weighted by Gasteiger charge is -2.35. The Kier molecular flexibility index (Phi) is 4.98. The Morgan fingerprint density at radius 1 is 0.893 bits per heavy atom. The molecule has 1 unspecified atom stereocenters. The van der Waals surface area contributed by atoms with Gasteiger partial charge in [-0.2, -0.15) is 0 Å². The molecule has 0 aliphatic heterocycles. The van der Waals surface area contributed by atoms with Crippen molar-refractivity contribution in [2.75, 3.05) is 5.73 Å². The molecule has 1 nitrogen and oxygen atoms in total. The third kappa shape index (κ3) is 2.75. The van der Waals surface area contributed by atoms with Crippen LogP contribution in [-0.4, -0.2) is 0 Å². The van der Waals surface area contributed by atoms with Crippen LogP contribution in [0.5, 0.6) is 0 Å². The highest BCUT2D eigenvalue weighted by atomic mass is 127. The molecule has 0 amide bonds. The number of rotatable bonds is 4. The topological polar surface area (TPSA) is 26.0 Å². The predicted octanol–water partition coefficient (Wildman–Crippen LogP) is 6.74. The van der Waals surface area contributed by atoms with E-state index in [0.29, 0.717) is 0 Å². The first-order valence-corrected chi connectivity index (χ1v) is 10.4. The highest BCUT2D eigenvalue weighted by Crippen LogP contribution is 2.55. The van der Waals surface area contributed by atoms with E-state index in [0.717, 1.165) is 5.69 Å². The van der Waals surface area contributed by atoms with E-state index in [4.69, 9.17) is 5.73 Å². The van der Waals surface area contributed by atoms with Gasteiger partial charge in [-0.15, -0.1) is 0 Å². The maximum absolute atomic E-state index is 6.02. The zero-order valence-electron chi connectivity index (χ0n) is 15.8. The molecule has 0 saturated carbocycles. The van der Waals surface area contributed by atoms with Crippen molar-refractivity contribution in [2.24, 2.45) is 0 Å². The van der Waals surface area contributed by atoms with Crippen LogP contribution in [0.2, 0.25) is 0 Å². The van der Waals surface area contributed by atoms with Crippen LogP contribution in [0.1, 0.15) is 29.2 Å². The van der Waals surface area contributed by atoms with Crippen molar-refractivity contribution >= 4 is 33.9 Å². The Labute approximate surface area is 180 Å². The summed E-state index contributed by atoms with van der Waals surface area (Å²) in [6.07, 6.45) is 6.31. The van der Waals surface area contributed by atoms with Gasteiger partial charge in [0.05, 0.1) is 5.41 Å². The van der Waals surface area contributed by atoms with Crippen LogP contribution < -0.4 is 5.73 Å². The van der Waals surface area contributed by atoms with Gasteiger partial charge in [0.2, 0.25) is 0 Å². The van der Waals surface area contributed by atoms with Crippen molar-refractivity contribution in [3.8, 4) is 0 Å². The molecule has 0 aromatic heterocycles. The maximum Gasteiger partial charge on any atom is 0.0713 e. The standard InChI is InChI=1S/C26H22IN/c1-3-7-22-23-8-5-6-9-25(23)26(24(22)4-2,18-10-14-20(27)15-11-18)19-12-16-21(28)17-13-19/h3-17H,2,28H2,1H3/b7-3-. The van der Waals surface area contributed by atoms with E-state index < -0.39 is 5.41 Å². The van der Waals surface area contributed by atoms with Crippen LogP contribution in [0.25, 0.3) is 5.57 Å². The van der Waals surface area contributed by atoms with Gasteiger partial charge in [-0.1, -0.05) is 73.3 Å². The molecule has 2 N–H and O–H groups in total. The second-order valence-electron chi connectivity index (χ2n) is 6.96. The molecule has 0 saturated heterocycles. The minimum absolute atomic E-state index is 0.411. The van der Waals surface area contributed by atoms with Crippen LogP contribution in [-0.2, 0) is 5.41 Å². The quantitative estimate of drug-likeness (QED) is 0.328. The van der Waals surface area contributed by atoms with Crippen molar-refractivity contribution in [1.82, 2.24) is 0 Å². The molecule has 1 aliphatic carbocycles. The van der Waals surface area contributed by atoms with E-state index in [1.54, 1.807) is 0 Å². The second-order valence-corrected chi connectivity index (χ2v) is 8.20. The van der Waals surface area contributed by atoms with E-state index in [1.165, 1.54) is 37.0 Å². The summed E-state index contributed by atoms with van der Waals surface area (Å²) in [4.78, 5) is 0. The number of hydrogen-bond acceptors (Lipinski definition) is 1. The minimum Gasteiger partial charge on any atom is -0.399 e. The van der Waals surface area contributed by atoms with Gasteiger partial charge in [0.1, 0.15) is 0 Å². The lowest BCUT2D eigenvalue weighted by Crippen LogP contribution is -2.29. The molecule has 0 spiro atoms. The molecule has 28 heavy (non-hydrogen) atoms. The highest BCUT2D eigenvalue weighted by Gasteiger charge is 2.45. The molecule has 1 atom stereocenters. The van der Waals surface area contributed by atoms with Crippen molar-refractivity contribution in [3.05, 3.63) is 129 Å². The molecule has 3 aromatic rings. The highest BCUT2D eigenvalue weighted by molar-refractivity contribution is 14.1. The summed E-state index contributed by atoms with van der Waals surface area (Å²) in [5.74, 6) is 0. The van der Waals surface area contributed by atoms with Crippen LogP contribution in [0.15, 0.2) is 103 Å². The van der Waals surface area contributed by atoms with Gasteiger partial charge in [0, 0.05) is 9.26 Å². The third-order valence-corrected chi connectivity index (χ3v) is 6.19. The minimum atomic E-state index is -0.411. The van der Waals surface area contributed by atoms with Crippen molar-refractivity contribution in [3.63, 3.8) is 0 Å². The largest absolute Gasteiger partial charge is 0.399 e. The lowest BCUT2D eigenvalue weighted by molar-refractivity contribution is 0.762. The molecule has 0 heterocycles. The van der Waals surface area contributed by atoms with Gasteiger partial charge >= 0.3 is 0 Å². The first-order valence-electron chi connectivity index (χ1n) is 9.34. The molecule has 0 bridgehead atoms. The van der Waals surface area contributed by atoms with Gasteiger partial charge in [0.15, 0.2) is 0 Å². The first-order chi connectivity index (χ1) is 13.6. The normalized spacial score (nSPS) is 18.5. The zero-order valence-corrected chi connectivity index (χ0v) is 18.0. The fourth-order valence-electron chi connectivity index (χ4n) is 4.37. The fraction of sp³-hybridized carbons (Fsp3) is 0.0769. The van der Waals surface area contributed by atoms with E-state index in [9.17, 15) is 0 Å². The third-order valence-electron chi connectivity index (χ3n) is 5.47. The SMILES string of the molecule is C=CC1=C(/C=C\C)c2ccccc2C1(c1ccc(N)cc1)c1ccc(I)cc1. The summed E-state index contributed by atoms with van der Waals surface area (Å²) in [6, 6.07) is 25.8. The van der Waals surface area contributed by atoms with E-state index in [1.807, 2.05) is 18.2 Å². The van der Waals surface area contributed by atoms with Crippen LogP contribution >= 0.6 is 22.6 Å². The number of hydrogen-bond donors (Lipinski definition) is 1. The average Bonchev–Trinajstić information content (AvgIpc) is 3.00. The van der Waals surface area contributed by atoms with Crippen LogP contribution in [0.3, 0.4) is 0 Å². The number of nitrogens with two attached hydrogens (primary N) is 1. The smallest absolute Gasteiger partial charge is 0.0713 e. The molecule has 138 valence electrons. The molecule has 3 aromatic carbocycles. The molecular formula is C26H22IN. The maximum atomic E-state index is 6.02. The summed E-state index contributed by atoms with van der Waals surface area (Å²) in [5, 5.41) is 0. The first kappa shape index (κ1) is 18.8. The number of benzene rings is 3. The van der Waals surface area contributed by atoms with Gasteiger partial charge in [-0.05, 0) is 87.2 Å². The van der Waals surface area contributed by atoms with Crippen LogP contribution in [0, 0.1) is 3.57 Å². The Morgan fingerprint density at radius 3 is 2.11 bits per heavy atom. The number of allylic oxidation sites excluding steroid dienone is 5. The fourth-order valence-corrected chi connectivity index (χ4v) is 4.73. The number of anilines is 1. The zero-order chi connectivity index (χ0) is 19.7. The van der Waals surface area contributed by atoms with Crippen molar-refractivity contribution in [2.45, 2.75) is 12.3 Å². The van der Waals surface area contributed by atoms with E-state index in [-0.39, 0.29) is 0 Å². The van der Waals surface area contributed by atoms with Crippen LogP contribution in [0.4, 0.5) is 5.69 Å². The number of nitrogen functional groups attached to an aromatic ring is 1. The molecule has 4 rings (SSSR count). The lowest BCUT2D eigenvalue weighted by atomic mass is 9.67. The molecular weight excluding hydrogens is 453 g/mol. The Bertz CT molecular complexity index is 1040. The van der Waals surface area contributed by atoms with E-state index >= 15 is 0 Å². The van der Waals surface area contributed by atoms with Gasteiger partial charge in [-0.25, -0.2) is 0 Å². The number of halogens is 1.